The van der Waals surface area contributed by atoms with Crippen LogP contribution in [-0.2, 0) is 6.61 Å². The Labute approximate surface area is 128 Å². The first-order valence-corrected chi connectivity index (χ1v) is 7.35. The number of hydrogen-bond acceptors (Lipinski definition) is 3. The Bertz CT molecular complexity index is 654. The van der Waals surface area contributed by atoms with E-state index in [1.54, 1.807) is 24.3 Å². The number of hydrogen-bond donors (Lipinski definition) is 1. The number of pyridine rings is 1. The molecule has 0 radical (unpaired) electrons. The lowest BCUT2D eigenvalue weighted by Gasteiger charge is -2.26. The summed E-state index contributed by atoms with van der Waals surface area (Å²) >= 11 is 0. The lowest BCUT2D eigenvalue weighted by atomic mass is 9.93. The van der Waals surface area contributed by atoms with Crippen molar-refractivity contribution < 1.29 is 13.9 Å². The van der Waals surface area contributed by atoms with Crippen molar-refractivity contribution in [3.63, 3.8) is 0 Å². The highest BCUT2D eigenvalue weighted by atomic mass is 19.1. The van der Waals surface area contributed by atoms with Crippen molar-refractivity contribution in [1.29, 1.82) is 0 Å². The minimum atomic E-state index is -0.294. The normalized spacial score (nSPS) is 14.2. The molecule has 3 rings (SSSR count). The minimum Gasteiger partial charge on any atom is -0.473 e. The van der Waals surface area contributed by atoms with Crippen molar-refractivity contribution in [2.24, 2.45) is 0 Å². The second-order valence-corrected chi connectivity index (χ2v) is 5.40. The van der Waals surface area contributed by atoms with Crippen LogP contribution in [0.2, 0.25) is 0 Å². The van der Waals surface area contributed by atoms with Crippen LogP contribution in [0.1, 0.15) is 35.2 Å². The Morgan fingerprint density at radius 1 is 1.32 bits per heavy atom. The number of amides is 1. The van der Waals surface area contributed by atoms with Crippen molar-refractivity contribution in [2.75, 3.05) is 0 Å². The molecular weight excluding hydrogens is 283 g/mol. The average Bonchev–Trinajstić information content (AvgIpc) is 2.49. The van der Waals surface area contributed by atoms with Gasteiger partial charge in [-0.25, -0.2) is 9.37 Å². The molecule has 1 saturated carbocycles. The average molecular weight is 300 g/mol. The first-order chi connectivity index (χ1) is 10.7. The van der Waals surface area contributed by atoms with Gasteiger partial charge >= 0.3 is 0 Å². The predicted octanol–water partition coefficient (Wildman–Crippen LogP) is 3.08. The molecule has 0 atom stereocenters. The fraction of sp³-hybridized carbons (Fsp3) is 0.294. The highest BCUT2D eigenvalue weighted by Crippen LogP contribution is 2.19. The molecule has 0 unspecified atom stereocenters. The SMILES string of the molecule is O=C(NC1CCC1)c1ccc(OCc2cccc(F)c2)nc1. The van der Waals surface area contributed by atoms with Crippen molar-refractivity contribution >= 4 is 5.91 Å². The number of benzene rings is 1. The largest absolute Gasteiger partial charge is 0.473 e. The lowest BCUT2D eigenvalue weighted by molar-refractivity contribution is 0.0916. The van der Waals surface area contributed by atoms with E-state index in [0.29, 0.717) is 17.5 Å². The monoisotopic (exact) mass is 300 g/mol. The first-order valence-electron chi connectivity index (χ1n) is 7.35. The van der Waals surface area contributed by atoms with E-state index in [2.05, 4.69) is 10.3 Å². The summed E-state index contributed by atoms with van der Waals surface area (Å²) in [6.07, 6.45) is 4.77. The molecule has 0 saturated heterocycles. The third kappa shape index (κ3) is 3.61. The molecule has 4 nitrogen and oxygen atoms in total. The van der Waals surface area contributed by atoms with Crippen LogP contribution in [0.5, 0.6) is 5.88 Å². The molecule has 1 N–H and O–H groups in total. The second kappa shape index (κ2) is 6.56. The Kier molecular flexibility index (Phi) is 4.32. The Hall–Kier alpha value is -2.43. The molecule has 1 aromatic carbocycles. The number of nitrogens with zero attached hydrogens (tertiary/aromatic N) is 1. The third-order valence-electron chi connectivity index (χ3n) is 3.71. The third-order valence-corrected chi connectivity index (χ3v) is 3.71. The van der Waals surface area contributed by atoms with Gasteiger partial charge in [-0.05, 0) is 43.0 Å². The molecule has 1 amide bonds. The van der Waals surface area contributed by atoms with Gasteiger partial charge in [-0.2, -0.15) is 0 Å². The van der Waals surface area contributed by atoms with Crippen LogP contribution in [0.25, 0.3) is 0 Å². The van der Waals surface area contributed by atoms with E-state index >= 15 is 0 Å². The zero-order valence-electron chi connectivity index (χ0n) is 12.1. The van der Waals surface area contributed by atoms with E-state index in [1.807, 2.05) is 0 Å². The number of aromatic nitrogens is 1. The number of rotatable bonds is 5. The van der Waals surface area contributed by atoms with Gasteiger partial charge < -0.3 is 10.1 Å². The minimum absolute atomic E-state index is 0.103. The molecule has 1 aliphatic rings. The van der Waals surface area contributed by atoms with Gasteiger partial charge in [0.25, 0.3) is 5.91 Å². The quantitative estimate of drug-likeness (QED) is 0.923. The maximum Gasteiger partial charge on any atom is 0.253 e. The van der Waals surface area contributed by atoms with Crippen LogP contribution >= 0.6 is 0 Å². The summed E-state index contributed by atoms with van der Waals surface area (Å²) in [5.74, 6) is 0.00964. The van der Waals surface area contributed by atoms with E-state index in [1.165, 1.54) is 24.8 Å². The Morgan fingerprint density at radius 2 is 2.18 bits per heavy atom. The van der Waals surface area contributed by atoms with Crippen LogP contribution in [0.15, 0.2) is 42.6 Å². The molecule has 1 fully saturated rings. The van der Waals surface area contributed by atoms with E-state index in [-0.39, 0.29) is 18.3 Å². The molecule has 114 valence electrons. The molecule has 2 aromatic rings. The van der Waals surface area contributed by atoms with Gasteiger partial charge in [0.05, 0.1) is 5.56 Å². The van der Waals surface area contributed by atoms with E-state index in [9.17, 15) is 9.18 Å². The van der Waals surface area contributed by atoms with Crippen LogP contribution < -0.4 is 10.1 Å². The Morgan fingerprint density at radius 3 is 2.82 bits per heavy atom. The van der Waals surface area contributed by atoms with Gasteiger partial charge in [0.1, 0.15) is 12.4 Å². The maximum absolute atomic E-state index is 13.1. The van der Waals surface area contributed by atoms with Gasteiger partial charge in [0.2, 0.25) is 5.88 Å². The van der Waals surface area contributed by atoms with Gasteiger partial charge in [0, 0.05) is 18.3 Å². The van der Waals surface area contributed by atoms with Crippen LogP contribution in [0, 0.1) is 5.82 Å². The summed E-state index contributed by atoms with van der Waals surface area (Å²) in [6.45, 7) is 0.235. The molecule has 0 bridgehead atoms. The Balaban J connectivity index is 1.55. The van der Waals surface area contributed by atoms with Crippen molar-refractivity contribution in [1.82, 2.24) is 10.3 Å². The smallest absolute Gasteiger partial charge is 0.253 e. The molecule has 22 heavy (non-hydrogen) atoms. The molecule has 5 heteroatoms. The number of nitrogens with one attached hydrogen (secondary N) is 1. The molecule has 1 aliphatic carbocycles. The van der Waals surface area contributed by atoms with Gasteiger partial charge in [-0.15, -0.1) is 0 Å². The molecule has 1 heterocycles. The van der Waals surface area contributed by atoms with Crippen LogP contribution in [0.4, 0.5) is 4.39 Å². The summed E-state index contributed by atoms with van der Waals surface area (Å²) in [6, 6.07) is 9.85. The topological polar surface area (TPSA) is 51.2 Å². The summed E-state index contributed by atoms with van der Waals surface area (Å²) in [4.78, 5) is 16.1. The van der Waals surface area contributed by atoms with Crippen molar-refractivity contribution in [2.45, 2.75) is 31.9 Å². The molecule has 0 aliphatic heterocycles. The maximum atomic E-state index is 13.1. The van der Waals surface area contributed by atoms with Gasteiger partial charge in [0.15, 0.2) is 0 Å². The molecule has 1 aromatic heterocycles. The highest BCUT2D eigenvalue weighted by molar-refractivity contribution is 5.94. The number of carbonyl (C=O) groups excluding carboxylic acids is 1. The molecule has 0 spiro atoms. The van der Waals surface area contributed by atoms with Gasteiger partial charge in [-0.3, -0.25) is 4.79 Å². The summed E-state index contributed by atoms with van der Waals surface area (Å²) in [5.41, 5.74) is 1.25. The number of carbonyl (C=O) groups is 1. The second-order valence-electron chi connectivity index (χ2n) is 5.40. The zero-order chi connectivity index (χ0) is 15.4. The standard InChI is InChI=1S/C17H17FN2O2/c18-14-4-1-3-12(9-14)11-22-16-8-7-13(10-19-16)17(21)20-15-5-2-6-15/h1,3-4,7-10,15H,2,5-6,11H2,(H,20,21). The predicted molar refractivity (Wildman–Crippen MR) is 80.1 cm³/mol. The van der Waals surface area contributed by atoms with Crippen molar-refractivity contribution in [3.8, 4) is 5.88 Å². The first kappa shape index (κ1) is 14.5. The number of ether oxygens (including phenoxy) is 1. The van der Waals surface area contributed by atoms with E-state index in [0.717, 1.165) is 18.4 Å². The van der Waals surface area contributed by atoms with Gasteiger partial charge in [-0.1, -0.05) is 12.1 Å². The fourth-order valence-electron chi connectivity index (χ4n) is 2.21. The fourth-order valence-corrected chi connectivity index (χ4v) is 2.21. The number of halogens is 1. The van der Waals surface area contributed by atoms with Crippen LogP contribution in [0.3, 0.4) is 0 Å². The summed E-state index contributed by atoms with van der Waals surface area (Å²) < 4.78 is 18.5. The van der Waals surface area contributed by atoms with Crippen molar-refractivity contribution in [3.05, 3.63) is 59.5 Å². The lowest BCUT2D eigenvalue weighted by Crippen LogP contribution is -2.39. The summed E-state index contributed by atoms with van der Waals surface area (Å²) in [7, 11) is 0. The zero-order valence-corrected chi connectivity index (χ0v) is 12.1. The van der Waals surface area contributed by atoms with Crippen LogP contribution in [-0.4, -0.2) is 16.9 Å². The summed E-state index contributed by atoms with van der Waals surface area (Å²) in [5, 5.41) is 2.95. The van der Waals surface area contributed by atoms with E-state index < -0.39 is 0 Å². The highest BCUT2D eigenvalue weighted by Gasteiger charge is 2.20. The van der Waals surface area contributed by atoms with E-state index in [4.69, 9.17) is 4.74 Å². The molecular formula is C17H17FN2O2.